The second kappa shape index (κ2) is 6.67. The summed E-state index contributed by atoms with van der Waals surface area (Å²) in [5, 5.41) is 8.11. The van der Waals surface area contributed by atoms with Crippen molar-refractivity contribution in [3.63, 3.8) is 0 Å². The predicted octanol–water partition coefficient (Wildman–Crippen LogP) is 2.33. The molecular formula is C15H23N5O. The summed E-state index contributed by atoms with van der Waals surface area (Å²) in [6.45, 7) is 6.77. The van der Waals surface area contributed by atoms with E-state index in [9.17, 15) is 4.79 Å². The standard InChI is InChI=1S/C15H23N5O/c1-10(2)20-15-12(8-18-20)6-13(9-17-15)19-14(21)5-4-11(3)7-16/h6,8-11H,4-5,7,16H2,1-3H3,(H,19,21). The Balaban J connectivity index is 2.04. The number of rotatable bonds is 6. The number of anilines is 1. The highest BCUT2D eigenvalue weighted by atomic mass is 16.1. The molecule has 6 nitrogen and oxygen atoms in total. The molecular weight excluding hydrogens is 266 g/mol. The Morgan fingerprint density at radius 2 is 2.14 bits per heavy atom. The summed E-state index contributed by atoms with van der Waals surface area (Å²) < 4.78 is 1.86. The zero-order valence-corrected chi connectivity index (χ0v) is 12.8. The Morgan fingerprint density at radius 3 is 2.81 bits per heavy atom. The predicted molar refractivity (Wildman–Crippen MR) is 84.0 cm³/mol. The third-order valence-electron chi connectivity index (χ3n) is 3.47. The van der Waals surface area contributed by atoms with Crippen LogP contribution in [0.2, 0.25) is 0 Å². The first kappa shape index (κ1) is 15.4. The molecule has 1 amide bonds. The van der Waals surface area contributed by atoms with Gasteiger partial charge in [-0.15, -0.1) is 0 Å². The summed E-state index contributed by atoms with van der Waals surface area (Å²) in [7, 11) is 0. The second-order valence-corrected chi connectivity index (χ2v) is 5.75. The van der Waals surface area contributed by atoms with Crippen molar-refractivity contribution in [2.75, 3.05) is 11.9 Å². The van der Waals surface area contributed by atoms with E-state index in [4.69, 9.17) is 5.73 Å². The average Bonchev–Trinajstić information content (AvgIpc) is 2.88. The van der Waals surface area contributed by atoms with E-state index in [-0.39, 0.29) is 11.9 Å². The molecule has 21 heavy (non-hydrogen) atoms. The first-order valence-corrected chi connectivity index (χ1v) is 7.34. The zero-order chi connectivity index (χ0) is 15.4. The van der Waals surface area contributed by atoms with Gasteiger partial charge in [0, 0.05) is 17.8 Å². The Hall–Kier alpha value is -1.95. The summed E-state index contributed by atoms with van der Waals surface area (Å²) in [5.41, 5.74) is 7.09. The van der Waals surface area contributed by atoms with Crippen LogP contribution in [0.3, 0.4) is 0 Å². The topological polar surface area (TPSA) is 85.8 Å². The number of carbonyl (C=O) groups is 1. The van der Waals surface area contributed by atoms with E-state index in [1.54, 1.807) is 12.4 Å². The molecule has 3 N–H and O–H groups in total. The maximum atomic E-state index is 11.9. The third kappa shape index (κ3) is 3.78. The number of nitrogens with one attached hydrogen (secondary N) is 1. The number of fused-ring (bicyclic) bond motifs is 1. The number of pyridine rings is 1. The number of carbonyl (C=O) groups excluding carboxylic acids is 1. The number of nitrogens with two attached hydrogens (primary N) is 1. The third-order valence-corrected chi connectivity index (χ3v) is 3.47. The van der Waals surface area contributed by atoms with Gasteiger partial charge in [0.2, 0.25) is 5.91 Å². The van der Waals surface area contributed by atoms with Crippen LogP contribution in [0.5, 0.6) is 0 Å². The molecule has 0 aliphatic heterocycles. The van der Waals surface area contributed by atoms with E-state index in [1.807, 2.05) is 17.7 Å². The summed E-state index contributed by atoms with van der Waals surface area (Å²) in [5.74, 6) is 0.355. The Morgan fingerprint density at radius 1 is 1.38 bits per heavy atom. The van der Waals surface area contributed by atoms with Gasteiger partial charge in [0.1, 0.15) is 0 Å². The van der Waals surface area contributed by atoms with Gasteiger partial charge < -0.3 is 11.1 Å². The van der Waals surface area contributed by atoms with Crippen LogP contribution in [0, 0.1) is 5.92 Å². The maximum absolute atomic E-state index is 11.9. The molecule has 1 unspecified atom stereocenters. The lowest BCUT2D eigenvalue weighted by Crippen LogP contribution is -2.16. The van der Waals surface area contributed by atoms with Gasteiger partial charge in [0.05, 0.1) is 18.1 Å². The number of nitrogens with zero attached hydrogens (tertiary/aromatic N) is 3. The zero-order valence-electron chi connectivity index (χ0n) is 12.8. The van der Waals surface area contributed by atoms with Crippen LogP contribution in [0.1, 0.15) is 39.7 Å². The SMILES string of the molecule is CC(CN)CCC(=O)Nc1cnc2c(cnn2C(C)C)c1. The van der Waals surface area contributed by atoms with Gasteiger partial charge in [-0.1, -0.05) is 6.92 Å². The molecule has 0 bridgehead atoms. The molecule has 2 heterocycles. The maximum Gasteiger partial charge on any atom is 0.224 e. The van der Waals surface area contributed by atoms with Crippen LogP contribution >= 0.6 is 0 Å². The highest BCUT2D eigenvalue weighted by Crippen LogP contribution is 2.19. The van der Waals surface area contributed by atoms with Crippen LogP contribution in [0.25, 0.3) is 11.0 Å². The molecule has 0 aliphatic rings. The highest BCUT2D eigenvalue weighted by Gasteiger charge is 2.10. The average molecular weight is 289 g/mol. The van der Waals surface area contributed by atoms with E-state index >= 15 is 0 Å². The van der Waals surface area contributed by atoms with Crippen molar-refractivity contribution >= 4 is 22.6 Å². The van der Waals surface area contributed by atoms with Gasteiger partial charge in [-0.05, 0) is 38.8 Å². The van der Waals surface area contributed by atoms with Crippen molar-refractivity contribution in [2.45, 2.75) is 39.7 Å². The van der Waals surface area contributed by atoms with Crippen LogP contribution in [0.4, 0.5) is 5.69 Å². The quantitative estimate of drug-likeness (QED) is 0.854. The Bertz CT molecular complexity index is 620. The minimum Gasteiger partial charge on any atom is -0.330 e. The molecule has 6 heteroatoms. The summed E-state index contributed by atoms with van der Waals surface area (Å²) in [6, 6.07) is 2.16. The van der Waals surface area contributed by atoms with E-state index in [0.717, 1.165) is 17.5 Å². The van der Waals surface area contributed by atoms with Crippen molar-refractivity contribution < 1.29 is 4.79 Å². The van der Waals surface area contributed by atoms with Crippen LogP contribution in [-0.2, 0) is 4.79 Å². The first-order chi connectivity index (χ1) is 10.0. The highest BCUT2D eigenvalue weighted by molar-refractivity contribution is 5.92. The molecule has 2 aromatic rings. The van der Waals surface area contributed by atoms with Crippen molar-refractivity contribution in [1.29, 1.82) is 0 Å². The fourth-order valence-corrected chi connectivity index (χ4v) is 2.11. The molecule has 2 aromatic heterocycles. The number of amides is 1. The lowest BCUT2D eigenvalue weighted by Gasteiger charge is -2.09. The summed E-state index contributed by atoms with van der Waals surface area (Å²) in [4.78, 5) is 16.3. The van der Waals surface area contributed by atoms with E-state index in [1.165, 1.54) is 0 Å². The molecule has 0 radical (unpaired) electrons. The van der Waals surface area contributed by atoms with Crippen LogP contribution < -0.4 is 11.1 Å². The van der Waals surface area contributed by atoms with E-state index < -0.39 is 0 Å². The fourth-order valence-electron chi connectivity index (χ4n) is 2.11. The molecule has 114 valence electrons. The van der Waals surface area contributed by atoms with Gasteiger partial charge in [-0.3, -0.25) is 4.79 Å². The molecule has 0 fully saturated rings. The molecule has 2 rings (SSSR count). The summed E-state index contributed by atoms with van der Waals surface area (Å²) in [6.07, 6.45) is 4.71. The molecule has 1 atom stereocenters. The molecule has 0 aliphatic carbocycles. The lowest BCUT2D eigenvalue weighted by atomic mass is 10.1. The molecule has 0 aromatic carbocycles. The lowest BCUT2D eigenvalue weighted by molar-refractivity contribution is -0.116. The fraction of sp³-hybridized carbons (Fsp3) is 0.533. The van der Waals surface area contributed by atoms with E-state index in [0.29, 0.717) is 24.6 Å². The van der Waals surface area contributed by atoms with Crippen LogP contribution in [-0.4, -0.2) is 27.2 Å². The number of hydrogen-bond acceptors (Lipinski definition) is 4. The van der Waals surface area contributed by atoms with E-state index in [2.05, 4.69) is 29.2 Å². The molecule has 0 spiro atoms. The van der Waals surface area contributed by atoms with Gasteiger partial charge in [-0.2, -0.15) is 5.10 Å². The molecule has 0 saturated carbocycles. The van der Waals surface area contributed by atoms with Gasteiger partial charge >= 0.3 is 0 Å². The monoisotopic (exact) mass is 289 g/mol. The minimum absolute atomic E-state index is 0.00676. The van der Waals surface area contributed by atoms with Crippen molar-refractivity contribution in [3.8, 4) is 0 Å². The van der Waals surface area contributed by atoms with Crippen LogP contribution in [0.15, 0.2) is 18.5 Å². The largest absolute Gasteiger partial charge is 0.330 e. The van der Waals surface area contributed by atoms with Gasteiger partial charge in [0.25, 0.3) is 0 Å². The Labute approximate surface area is 124 Å². The van der Waals surface area contributed by atoms with Crippen molar-refractivity contribution in [2.24, 2.45) is 11.7 Å². The second-order valence-electron chi connectivity index (χ2n) is 5.75. The Kier molecular flexibility index (Phi) is 4.90. The summed E-state index contributed by atoms with van der Waals surface area (Å²) >= 11 is 0. The van der Waals surface area contributed by atoms with Crippen molar-refractivity contribution in [1.82, 2.24) is 14.8 Å². The van der Waals surface area contributed by atoms with Gasteiger partial charge in [-0.25, -0.2) is 9.67 Å². The minimum atomic E-state index is -0.00676. The first-order valence-electron chi connectivity index (χ1n) is 7.34. The molecule has 0 saturated heterocycles. The number of hydrogen-bond donors (Lipinski definition) is 2. The smallest absolute Gasteiger partial charge is 0.224 e. The van der Waals surface area contributed by atoms with Crippen molar-refractivity contribution in [3.05, 3.63) is 18.5 Å². The normalized spacial score (nSPS) is 12.8. The van der Waals surface area contributed by atoms with Gasteiger partial charge in [0.15, 0.2) is 5.65 Å². The number of aromatic nitrogens is 3.